The molecule has 9 heteroatoms. The Balaban J connectivity index is 2.22. The molecular formula is C12H7F3N4OS. The highest BCUT2D eigenvalue weighted by atomic mass is 32.1. The van der Waals surface area contributed by atoms with Crippen LogP contribution in [0.3, 0.4) is 0 Å². The number of carbonyl (C=O) groups excluding carboxylic acids is 1. The first-order valence-corrected chi connectivity index (χ1v) is 6.44. The molecule has 5 nitrogen and oxygen atoms in total. The summed E-state index contributed by atoms with van der Waals surface area (Å²) in [6.45, 7) is 0. The lowest BCUT2D eigenvalue weighted by atomic mass is 10.2. The molecule has 0 radical (unpaired) electrons. The SMILES string of the molecule is N#CCC(=O)Nc1nc(-c2cc(C(F)(F)F)ccn2)cs1. The third-order valence-electron chi connectivity index (χ3n) is 2.34. The predicted octanol–water partition coefficient (Wildman–Crippen LogP) is 3.08. The molecule has 0 atom stereocenters. The molecule has 0 spiro atoms. The number of nitrogens with one attached hydrogen (secondary N) is 1. The maximum Gasteiger partial charge on any atom is 0.416 e. The van der Waals surface area contributed by atoms with Crippen molar-refractivity contribution in [1.29, 1.82) is 5.26 Å². The maximum absolute atomic E-state index is 12.6. The average molecular weight is 312 g/mol. The van der Waals surface area contributed by atoms with Crippen molar-refractivity contribution in [3.63, 3.8) is 0 Å². The van der Waals surface area contributed by atoms with Crippen LogP contribution in [0.25, 0.3) is 11.4 Å². The van der Waals surface area contributed by atoms with Crippen LogP contribution in [0.2, 0.25) is 0 Å². The van der Waals surface area contributed by atoms with E-state index in [0.29, 0.717) is 0 Å². The monoisotopic (exact) mass is 312 g/mol. The zero-order valence-corrected chi connectivity index (χ0v) is 11.1. The molecule has 0 unspecified atom stereocenters. The van der Waals surface area contributed by atoms with Crippen LogP contribution in [0.1, 0.15) is 12.0 Å². The Labute approximate surface area is 121 Å². The normalized spacial score (nSPS) is 11.0. The zero-order valence-electron chi connectivity index (χ0n) is 10.3. The fraction of sp³-hybridized carbons (Fsp3) is 0.167. The standard InChI is InChI=1S/C12H7F3N4OS/c13-12(14,15)7-2-4-17-8(5-7)9-6-21-11(18-9)19-10(20)1-3-16/h2,4-6H,1H2,(H,18,19,20). The van der Waals surface area contributed by atoms with Gasteiger partial charge in [-0.1, -0.05) is 0 Å². The summed E-state index contributed by atoms with van der Waals surface area (Å²) in [6, 6.07) is 3.43. The van der Waals surface area contributed by atoms with Gasteiger partial charge in [0.25, 0.3) is 0 Å². The van der Waals surface area contributed by atoms with Gasteiger partial charge in [-0.3, -0.25) is 9.78 Å². The summed E-state index contributed by atoms with van der Waals surface area (Å²) in [5, 5.41) is 12.4. The van der Waals surface area contributed by atoms with Gasteiger partial charge in [0.1, 0.15) is 12.1 Å². The lowest BCUT2D eigenvalue weighted by Crippen LogP contribution is -2.09. The van der Waals surface area contributed by atoms with Crippen molar-refractivity contribution < 1.29 is 18.0 Å². The first kappa shape index (κ1) is 14.9. The van der Waals surface area contributed by atoms with E-state index in [1.165, 1.54) is 5.38 Å². The van der Waals surface area contributed by atoms with Gasteiger partial charge >= 0.3 is 6.18 Å². The minimum atomic E-state index is -4.46. The molecule has 2 aromatic rings. The van der Waals surface area contributed by atoms with Crippen molar-refractivity contribution >= 4 is 22.4 Å². The number of nitrogens with zero attached hydrogens (tertiary/aromatic N) is 3. The second-order valence-electron chi connectivity index (χ2n) is 3.85. The van der Waals surface area contributed by atoms with Gasteiger partial charge in [0.15, 0.2) is 5.13 Å². The lowest BCUT2D eigenvalue weighted by molar-refractivity contribution is -0.137. The average Bonchev–Trinajstić information content (AvgIpc) is 2.86. The second kappa shape index (κ2) is 5.88. The smallest absolute Gasteiger partial charge is 0.301 e. The molecular weight excluding hydrogens is 305 g/mol. The van der Waals surface area contributed by atoms with E-state index in [4.69, 9.17) is 5.26 Å². The Bertz CT molecular complexity index is 705. The molecule has 1 amide bonds. The largest absolute Gasteiger partial charge is 0.416 e. The van der Waals surface area contributed by atoms with Gasteiger partial charge in [-0.05, 0) is 12.1 Å². The van der Waals surface area contributed by atoms with E-state index in [0.717, 1.165) is 29.7 Å². The molecule has 0 bridgehead atoms. The van der Waals surface area contributed by atoms with E-state index in [-0.39, 0.29) is 22.9 Å². The number of halogens is 3. The molecule has 2 heterocycles. The van der Waals surface area contributed by atoms with Crippen LogP contribution in [0.5, 0.6) is 0 Å². The minimum Gasteiger partial charge on any atom is -0.301 e. The summed E-state index contributed by atoms with van der Waals surface area (Å²) in [5.74, 6) is -0.532. The van der Waals surface area contributed by atoms with E-state index in [2.05, 4.69) is 15.3 Å². The van der Waals surface area contributed by atoms with Crippen LogP contribution in [-0.4, -0.2) is 15.9 Å². The van der Waals surface area contributed by atoms with Crippen LogP contribution in [0.15, 0.2) is 23.7 Å². The number of thiazole rings is 1. The fourth-order valence-electron chi connectivity index (χ4n) is 1.43. The molecule has 0 aliphatic heterocycles. The number of aromatic nitrogens is 2. The summed E-state index contributed by atoms with van der Waals surface area (Å²) in [4.78, 5) is 19.0. The second-order valence-corrected chi connectivity index (χ2v) is 4.71. The fourth-order valence-corrected chi connectivity index (χ4v) is 2.15. The molecule has 0 fully saturated rings. The van der Waals surface area contributed by atoms with Gasteiger partial charge < -0.3 is 5.32 Å². The third kappa shape index (κ3) is 3.76. The molecule has 21 heavy (non-hydrogen) atoms. The van der Waals surface area contributed by atoms with Crippen molar-refractivity contribution in [1.82, 2.24) is 9.97 Å². The number of rotatable bonds is 3. The van der Waals surface area contributed by atoms with Crippen LogP contribution in [-0.2, 0) is 11.0 Å². The molecule has 0 saturated carbocycles. The maximum atomic E-state index is 12.6. The minimum absolute atomic E-state index is 0.0573. The Morgan fingerprint density at radius 3 is 2.86 bits per heavy atom. The number of pyridine rings is 1. The number of anilines is 1. The molecule has 108 valence electrons. The summed E-state index contributed by atoms with van der Waals surface area (Å²) in [6.07, 6.45) is -3.74. The van der Waals surface area contributed by atoms with Crippen molar-refractivity contribution in [2.24, 2.45) is 0 Å². The van der Waals surface area contributed by atoms with E-state index >= 15 is 0 Å². The van der Waals surface area contributed by atoms with Crippen LogP contribution in [0.4, 0.5) is 18.3 Å². The van der Waals surface area contributed by atoms with Gasteiger partial charge in [-0.15, -0.1) is 11.3 Å². The van der Waals surface area contributed by atoms with Gasteiger partial charge in [-0.2, -0.15) is 18.4 Å². The molecule has 0 aliphatic carbocycles. The Morgan fingerprint density at radius 1 is 1.43 bits per heavy atom. The molecule has 1 N–H and O–H groups in total. The number of alkyl halides is 3. The number of amides is 1. The van der Waals surface area contributed by atoms with Gasteiger partial charge in [0, 0.05) is 11.6 Å². The van der Waals surface area contributed by atoms with E-state index in [1.54, 1.807) is 6.07 Å². The lowest BCUT2D eigenvalue weighted by Gasteiger charge is -2.06. The highest BCUT2D eigenvalue weighted by Gasteiger charge is 2.31. The quantitative estimate of drug-likeness (QED) is 0.944. The summed E-state index contributed by atoms with van der Waals surface area (Å²) in [5.41, 5.74) is -0.546. The van der Waals surface area contributed by atoms with Crippen LogP contribution < -0.4 is 5.32 Å². The van der Waals surface area contributed by atoms with Crippen LogP contribution in [0, 0.1) is 11.3 Å². The van der Waals surface area contributed by atoms with Gasteiger partial charge in [-0.25, -0.2) is 4.98 Å². The first-order chi connectivity index (χ1) is 9.90. The summed E-state index contributed by atoms with van der Waals surface area (Å²) >= 11 is 1.04. The predicted molar refractivity (Wildman–Crippen MR) is 69.2 cm³/mol. The van der Waals surface area contributed by atoms with Crippen molar-refractivity contribution in [3.8, 4) is 17.5 Å². The first-order valence-electron chi connectivity index (χ1n) is 5.56. The third-order valence-corrected chi connectivity index (χ3v) is 3.10. The number of carbonyl (C=O) groups is 1. The number of nitriles is 1. The van der Waals surface area contributed by atoms with Crippen LogP contribution >= 0.6 is 11.3 Å². The Kier molecular flexibility index (Phi) is 4.18. The topological polar surface area (TPSA) is 78.7 Å². The summed E-state index contributed by atoms with van der Waals surface area (Å²) < 4.78 is 37.8. The number of hydrogen-bond acceptors (Lipinski definition) is 5. The number of hydrogen-bond donors (Lipinski definition) is 1. The molecule has 0 aliphatic rings. The molecule has 2 rings (SSSR count). The molecule has 0 aromatic carbocycles. The zero-order chi connectivity index (χ0) is 15.5. The van der Waals surface area contributed by atoms with Crippen molar-refractivity contribution in [3.05, 3.63) is 29.3 Å². The van der Waals surface area contributed by atoms with Crippen molar-refractivity contribution in [2.45, 2.75) is 12.6 Å². The highest BCUT2D eigenvalue weighted by Crippen LogP contribution is 2.31. The van der Waals surface area contributed by atoms with E-state index in [1.807, 2.05) is 0 Å². The van der Waals surface area contributed by atoms with E-state index in [9.17, 15) is 18.0 Å². The molecule has 2 aromatic heterocycles. The van der Waals surface area contributed by atoms with Crippen molar-refractivity contribution in [2.75, 3.05) is 5.32 Å². The Hall–Kier alpha value is -2.47. The van der Waals surface area contributed by atoms with E-state index < -0.39 is 17.6 Å². The summed E-state index contributed by atoms with van der Waals surface area (Å²) in [7, 11) is 0. The van der Waals surface area contributed by atoms with Gasteiger partial charge in [0.2, 0.25) is 5.91 Å². The Morgan fingerprint density at radius 2 is 2.19 bits per heavy atom. The van der Waals surface area contributed by atoms with Gasteiger partial charge in [0.05, 0.1) is 17.3 Å². The molecule has 0 saturated heterocycles. The highest BCUT2D eigenvalue weighted by molar-refractivity contribution is 7.14.